The molecule has 0 atom stereocenters. The maximum atomic E-state index is 3.85. The molecule has 0 radical (unpaired) electrons. The van der Waals surface area contributed by atoms with Crippen molar-refractivity contribution in [2.45, 2.75) is 120 Å². The van der Waals surface area contributed by atoms with E-state index in [-0.39, 0.29) is 0 Å². The molecular formula is C29H52. The minimum absolute atomic E-state index is 0.861. The van der Waals surface area contributed by atoms with Crippen LogP contribution in [0.1, 0.15) is 122 Å². The Morgan fingerprint density at radius 2 is 1.52 bits per heavy atom. The molecule has 0 amide bonds. The van der Waals surface area contributed by atoms with Crippen molar-refractivity contribution in [2.75, 3.05) is 0 Å². The van der Waals surface area contributed by atoms with Gasteiger partial charge in [0.1, 0.15) is 0 Å². The van der Waals surface area contributed by atoms with Crippen LogP contribution in [0, 0.1) is 19.8 Å². The molecule has 0 bridgehead atoms. The van der Waals surface area contributed by atoms with Crippen molar-refractivity contribution in [3.8, 4) is 0 Å². The molecule has 1 fully saturated rings. The molecule has 0 spiro atoms. The lowest BCUT2D eigenvalue weighted by atomic mass is 9.92. The Balaban J connectivity index is 0. The van der Waals surface area contributed by atoms with E-state index < -0.39 is 0 Å². The van der Waals surface area contributed by atoms with Crippen LogP contribution in [0.4, 0.5) is 0 Å². The molecular weight excluding hydrogens is 348 g/mol. The van der Waals surface area contributed by atoms with Crippen LogP contribution in [-0.4, -0.2) is 0 Å². The van der Waals surface area contributed by atoms with Crippen molar-refractivity contribution in [3.05, 3.63) is 59.2 Å². The van der Waals surface area contributed by atoms with Gasteiger partial charge in [0.25, 0.3) is 0 Å². The first kappa shape index (κ1) is 29.9. The zero-order valence-corrected chi connectivity index (χ0v) is 21.5. The zero-order chi connectivity index (χ0) is 22.8. The number of allylic oxidation sites excluding steroid dienone is 2. The fraction of sp³-hybridized carbons (Fsp3) is 0.655. The summed E-state index contributed by atoms with van der Waals surface area (Å²) in [6.07, 6.45) is 10.4. The summed E-state index contributed by atoms with van der Waals surface area (Å²) < 4.78 is 0. The molecule has 0 saturated heterocycles. The summed E-state index contributed by atoms with van der Waals surface area (Å²) in [5, 5.41) is 0. The first-order valence-corrected chi connectivity index (χ1v) is 12.1. The molecule has 1 aliphatic carbocycles. The summed E-state index contributed by atoms with van der Waals surface area (Å²) >= 11 is 0. The van der Waals surface area contributed by atoms with Crippen molar-refractivity contribution in [1.29, 1.82) is 0 Å². The van der Waals surface area contributed by atoms with Gasteiger partial charge in [0.2, 0.25) is 0 Å². The third-order valence-electron chi connectivity index (χ3n) is 5.68. The number of aryl methyl sites for hydroxylation is 2. The molecule has 0 heteroatoms. The van der Waals surface area contributed by atoms with Gasteiger partial charge < -0.3 is 0 Å². The summed E-state index contributed by atoms with van der Waals surface area (Å²) in [5.41, 5.74) is 6.98. The molecule has 29 heavy (non-hydrogen) atoms. The molecule has 0 nitrogen and oxygen atoms in total. The molecule has 1 saturated carbocycles. The van der Waals surface area contributed by atoms with Gasteiger partial charge in [0.15, 0.2) is 0 Å². The van der Waals surface area contributed by atoms with E-state index in [4.69, 9.17) is 0 Å². The lowest BCUT2D eigenvalue weighted by molar-refractivity contribution is 0.544. The number of hydrogen-bond acceptors (Lipinski definition) is 0. The zero-order valence-electron chi connectivity index (χ0n) is 21.5. The first-order valence-electron chi connectivity index (χ1n) is 12.1. The number of benzene rings is 1. The lowest BCUT2D eigenvalue weighted by Gasteiger charge is -2.13. The van der Waals surface area contributed by atoms with Crippen LogP contribution in [0.15, 0.2) is 42.5 Å². The predicted octanol–water partition coefficient (Wildman–Crippen LogP) is 10.3. The smallest absolute Gasteiger partial charge is 0.0117 e. The van der Waals surface area contributed by atoms with Gasteiger partial charge in [0, 0.05) is 0 Å². The minimum atomic E-state index is 0.861. The van der Waals surface area contributed by atoms with Gasteiger partial charge in [-0.05, 0) is 69.4 Å². The third kappa shape index (κ3) is 15.2. The van der Waals surface area contributed by atoms with Crippen molar-refractivity contribution in [3.63, 3.8) is 0 Å². The Kier molecular flexibility index (Phi) is 19.3. The van der Waals surface area contributed by atoms with Crippen LogP contribution in [-0.2, 0) is 0 Å². The molecule has 1 aromatic rings. The van der Waals surface area contributed by atoms with Gasteiger partial charge >= 0.3 is 0 Å². The Labute approximate surface area is 184 Å². The molecule has 0 N–H and O–H groups in total. The van der Waals surface area contributed by atoms with E-state index >= 15 is 0 Å². The van der Waals surface area contributed by atoms with Gasteiger partial charge in [0.05, 0.1) is 0 Å². The van der Waals surface area contributed by atoms with E-state index in [0.717, 1.165) is 24.7 Å². The largest absolute Gasteiger partial charge is 0.0998 e. The molecule has 1 aliphatic rings. The SMILES string of the molecule is C=C(C)CC(=C)CC.CC.CCC(C)CC.Cc1ccc(C)c(C2CCCC2)c1. The van der Waals surface area contributed by atoms with Crippen molar-refractivity contribution in [2.24, 2.45) is 5.92 Å². The highest BCUT2D eigenvalue weighted by molar-refractivity contribution is 5.33. The molecule has 0 aromatic heterocycles. The fourth-order valence-corrected chi connectivity index (χ4v) is 3.28. The highest BCUT2D eigenvalue weighted by atomic mass is 14.2. The molecule has 0 unspecified atom stereocenters. The predicted molar refractivity (Wildman–Crippen MR) is 137 cm³/mol. The normalized spacial score (nSPS) is 12.8. The maximum absolute atomic E-state index is 3.85. The van der Waals surface area contributed by atoms with Gasteiger partial charge in [-0.2, -0.15) is 0 Å². The number of rotatable bonds is 6. The van der Waals surface area contributed by atoms with E-state index in [9.17, 15) is 0 Å². The van der Waals surface area contributed by atoms with E-state index in [1.54, 1.807) is 5.56 Å². The van der Waals surface area contributed by atoms with Gasteiger partial charge in [-0.15, -0.1) is 0 Å². The van der Waals surface area contributed by atoms with Crippen LogP contribution in [0.3, 0.4) is 0 Å². The van der Waals surface area contributed by atoms with Crippen LogP contribution >= 0.6 is 0 Å². The highest BCUT2D eigenvalue weighted by Crippen LogP contribution is 2.35. The first-order chi connectivity index (χ1) is 13.7. The second-order valence-corrected chi connectivity index (χ2v) is 8.50. The van der Waals surface area contributed by atoms with E-state index in [2.05, 4.69) is 72.9 Å². The Hall–Kier alpha value is -1.30. The number of hydrogen-bond donors (Lipinski definition) is 0. The maximum Gasteiger partial charge on any atom is -0.0117 e. The van der Waals surface area contributed by atoms with Crippen LogP contribution in [0.2, 0.25) is 0 Å². The van der Waals surface area contributed by atoms with Crippen LogP contribution in [0.5, 0.6) is 0 Å². The monoisotopic (exact) mass is 400 g/mol. The van der Waals surface area contributed by atoms with E-state index in [1.807, 2.05) is 20.8 Å². The van der Waals surface area contributed by atoms with E-state index in [1.165, 1.54) is 60.8 Å². The minimum Gasteiger partial charge on any atom is -0.0998 e. The molecule has 168 valence electrons. The van der Waals surface area contributed by atoms with Crippen molar-refractivity contribution in [1.82, 2.24) is 0 Å². The third-order valence-corrected chi connectivity index (χ3v) is 5.68. The van der Waals surface area contributed by atoms with Crippen LogP contribution < -0.4 is 0 Å². The summed E-state index contributed by atoms with van der Waals surface area (Å²) in [6, 6.07) is 6.86. The molecule has 2 rings (SSSR count). The second-order valence-electron chi connectivity index (χ2n) is 8.50. The molecule has 0 heterocycles. The Bertz CT molecular complexity index is 539. The van der Waals surface area contributed by atoms with Crippen molar-refractivity contribution >= 4 is 0 Å². The standard InChI is InChI=1S/C13H18.C8H14.C6H14.C2H6/c1-10-7-8-11(2)13(9-10)12-5-3-4-6-12;1-5-8(4)6-7(2)3;1-4-6(3)5-2;1-2/h7-9,12H,3-6H2,1-2H3;2,4-6H2,1,3H3;6H,4-5H2,1-3H3;1-2H3. The average Bonchev–Trinajstić information content (AvgIpc) is 3.25. The van der Waals surface area contributed by atoms with Gasteiger partial charge in [-0.1, -0.05) is 115 Å². The Morgan fingerprint density at radius 1 is 1.00 bits per heavy atom. The highest BCUT2D eigenvalue weighted by Gasteiger charge is 2.18. The summed E-state index contributed by atoms with van der Waals surface area (Å²) in [7, 11) is 0. The van der Waals surface area contributed by atoms with Crippen molar-refractivity contribution < 1.29 is 0 Å². The average molecular weight is 401 g/mol. The van der Waals surface area contributed by atoms with Gasteiger partial charge in [-0.25, -0.2) is 0 Å². The lowest BCUT2D eigenvalue weighted by Crippen LogP contribution is -1.96. The fourth-order valence-electron chi connectivity index (χ4n) is 3.28. The second kappa shape index (κ2) is 18.7. The van der Waals surface area contributed by atoms with E-state index in [0.29, 0.717) is 0 Å². The summed E-state index contributed by atoms with van der Waals surface area (Å²) in [4.78, 5) is 0. The Morgan fingerprint density at radius 3 is 1.86 bits per heavy atom. The summed E-state index contributed by atoms with van der Waals surface area (Å²) in [6.45, 7) is 27.0. The molecule has 0 aliphatic heterocycles. The summed E-state index contributed by atoms with van der Waals surface area (Å²) in [5.74, 6) is 1.80. The molecule has 1 aromatic carbocycles. The van der Waals surface area contributed by atoms with Crippen LogP contribution in [0.25, 0.3) is 0 Å². The van der Waals surface area contributed by atoms with Gasteiger partial charge in [-0.3, -0.25) is 0 Å². The quantitative estimate of drug-likeness (QED) is 0.416. The topological polar surface area (TPSA) is 0 Å².